The van der Waals surface area contributed by atoms with Crippen LogP contribution in [-0.4, -0.2) is 33.6 Å². The molecule has 3 rings (SSSR count). The molecule has 0 saturated heterocycles. The number of aryl methyl sites for hydroxylation is 1. The number of amides is 2. The molecule has 134 valence electrons. The zero-order chi connectivity index (χ0) is 17.5. The molecule has 7 heteroatoms. The number of nitrogens with one attached hydrogen (secondary N) is 2. The van der Waals surface area contributed by atoms with E-state index in [4.69, 9.17) is 0 Å². The van der Waals surface area contributed by atoms with Crippen LogP contribution in [0.4, 0.5) is 10.5 Å². The number of anilines is 1. The highest BCUT2D eigenvalue weighted by Crippen LogP contribution is 2.33. The summed E-state index contributed by atoms with van der Waals surface area (Å²) in [6.07, 6.45) is 8.74. The second-order valence-corrected chi connectivity index (χ2v) is 7.04. The zero-order valence-electron chi connectivity index (χ0n) is 14.6. The molecule has 6 nitrogen and oxygen atoms in total. The molecule has 2 N–H and O–H groups in total. The number of benzene rings is 1. The Morgan fingerprint density at radius 1 is 1.24 bits per heavy atom. The maximum atomic E-state index is 11.9. The number of nitrogens with zero attached hydrogens (tertiary/aromatic N) is 3. The Morgan fingerprint density at radius 3 is 2.72 bits per heavy atom. The lowest BCUT2D eigenvalue weighted by Gasteiger charge is -2.16. The molecular formula is C18H25N5OS. The molecule has 1 aliphatic rings. The van der Waals surface area contributed by atoms with Gasteiger partial charge in [0.25, 0.3) is 0 Å². The Balaban J connectivity index is 1.47. The van der Waals surface area contributed by atoms with Gasteiger partial charge in [-0.15, -0.1) is 10.2 Å². The fourth-order valence-electron chi connectivity index (χ4n) is 3.29. The third kappa shape index (κ3) is 4.75. The average Bonchev–Trinajstić information content (AvgIpc) is 3.28. The van der Waals surface area contributed by atoms with Crippen LogP contribution in [-0.2, 0) is 6.42 Å². The Bertz CT molecular complexity index is 682. The second kappa shape index (κ2) is 8.89. The maximum Gasteiger partial charge on any atom is 0.319 e. The van der Waals surface area contributed by atoms with Crippen LogP contribution in [0.2, 0.25) is 0 Å². The minimum atomic E-state index is -0.173. The third-order valence-electron chi connectivity index (χ3n) is 4.50. The topological polar surface area (TPSA) is 71.8 Å². The summed E-state index contributed by atoms with van der Waals surface area (Å²) in [6.45, 7) is 0.616. The smallest absolute Gasteiger partial charge is 0.319 e. The van der Waals surface area contributed by atoms with Crippen LogP contribution in [0.15, 0.2) is 35.5 Å². The Labute approximate surface area is 152 Å². The van der Waals surface area contributed by atoms with E-state index in [1.54, 1.807) is 11.8 Å². The van der Waals surface area contributed by atoms with Gasteiger partial charge in [-0.1, -0.05) is 42.8 Å². The number of hydrogen-bond donors (Lipinski definition) is 2. The van der Waals surface area contributed by atoms with Gasteiger partial charge in [0, 0.05) is 24.7 Å². The van der Waals surface area contributed by atoms with Crippen molar-refractivity contribution < 1.29 is 4.79 Å². The zero-order valence-corrected chi connectivity index (χ0v) is 15.4. The summed E-state index contributed by atoms with van der Waals surface area (Å²) in [5, 5.41) is 15.4. The molecule has 0 bridgehead atoms. The monoisotopic (exact) mass is 359 g/mol. The summed E-state index contributed by atoms with van der Waals surface area (Å²) in [6, 6.07) is 9.83. The van der Waals surface area contributed by atoms with Crippen LogP contribution in [0.1, 0.15) is 44.0 Å². The number of carbonyl (C=O) groups is 1. The van der Waals surface area contributed by atoms with E-state index in [0.717, 1.165) is 29.5 Å². The molecule has 2 aromatic rings. The molecule has 25 heavy (non-hydrogen) atoms. The molecule has 1 heterocycles. The highest BCUT2D eigenvalue weighted by Gasteiger charge is 2.23. The predicted molar refractivity (Wildman–Crippen MR) is 101 cm³/mol. The first kappa shape index (κ1) is 17.8. The molecule has 1 aromatic heterocycles. The van der Waals surface area contributed by atoms with Crippen molar-refractivity contribution in [3.63, 3.8) is 0 Å². The molecule has 2 amide bonds. The Morgan fingerprint density at radius 2 is 2.00 bits per heavy atom. The minimum Gasteiger partial charge on any atom is -0.338 e. The summed E-state index contributed by atoms with van der Waals surface area (Å²) in [7, 11) is 0. The van der Waals surface area contributed by atoms with E-state index in [1.165, 1.54) is 25.7 Å². The fraction of sp³-hybridized carbons (Fsp3) is 0.500. The number of para-hydroxylation sites is 1. The van der Waals surface area contributed by atoms with Gasteiger partial charge in [0.15, 0.2) is 5.16 Å². The molecule has 0 aliphatic heterocycles. The normalized spacial score (nSPS) is 14.6. The number of aromatic nitrogens is 3. The van der Waals surface area contributed by atoms with E-state index >= 15 is 0 Å². The molecule has 1 saturated carbocycles. The van der Waals surface area contributed by atoms with Crippen molar-refractivity contribution in [3.8, 4) is 0 Å². The SMILES string of the molecule is CSc1nnc(CCCNC(=O)Nc2ccccc2)n1C1CCCC1. The van der Waals surface area contributed by atoms with E-state index < -0.39 is 0 Å². The summed E-state index contributed by atoms with van der Waals surface area (Å²) in [4.78, 5) is 11.9. The number of carbonyl (C=O) groups excluding carboxylic acids is 1. The van der Waals surface area contributed by atoms with Crippen molar-refractivity contribution in [1.82, 2.24) is 20.1 Å². The van der Waals surface area contributed by atoms with Crippen molar-refractivity contribution in [2.75, 3.05) is 18.1 Å². The summed E-state index contributed by atoms with van der Waals surface area (Å²) in [5.41, 5.74) is 0.797. The van der Waals surface area contributed by atoms with Crippen LogP contribution in [0.5, 0.6) is 0 Å². The van der Waals surface area contributed by atoms with E-state index in [9.17, 15) is 4.79 Å². The van der Waals surface area contributed by atoms with Gasteiger partial charge >= 0.3 is 6.03 Å². The predicted octanol–water partition coefficient (Wildman–Crippen LogP) is 3.87. The van der Waals surface area contributed by atoms with Gasteiger partial charge in [-0.05, 0) is 37.7 Å². The lowest BCUT2D eigenvalue weighted by Crippen LogP contribution is -2.29. The third-order valence-corrected chi connectivity index (χ3v) is 5.15. The molecule has 0 atom stereocenters. The van der Waals surface area contributed by atoms with Crippen LogP contribution in [0.3, 0.4) is 0 Å². The first-order valence-corrected chi connectivity index (χ1v) is 10.1. The number of hydrogen-bond acceptors (Lipinski definition) is 4. The molecule has 1 fully saturated rings. The molecule has 1 aliphatic carbocycles. The van der Waals surface area contributed by atoms with Gasteiger partial charge in [-0.3, -0.25) is 0 Å². The largest absolute Gasteiger partial charge is 0.338 e. The highest BCUT2D eigenvalue weighted by molar-refractivity contribution is 7.98. The average molecular weight is 359 g/mol. The Kier molecular flexibility index (Phi) is 6.33. The van der Waals surface area contributed by atoms with Crippen LogP contribution >= 0.6 is 11.8 Å². The first-order valence-electron chi connectivity index (χ1n) is 8.85. The maximum absolute atomic E-state index is 11.9. The molecular weight excluding hydrogens is 334 g/mol. The molecule has 0 spiro atoms. The van der Waals surface area contributed by atoms with Gasteiger partial charge in [0.05, 0.1) is 0 Å². The van der Waals surface area contributed by atoms with Gasteiger partial charge in [-0.25, -0.2) is 4.79 Å². The highest BCUT2D eigenvalue weighted by atomic mass is 32.2. The van der Waals surface area contributed by atoms with Gasteiger partial charge in [-0.2, -0.15) is 0 Å². The number of rotatable bonds is 7. The molecule has 0 radical (unpaired) electrons. The van der Waals surface area contributed by atoms with Crippen molar-refractivity contribution in [2.24, 2.45) is 0 Å². The second-order valence-electron chi connectivity index (χ2n) is 6.26. The van der Waals surface area contributed by atoms with Crippen LogP contribution in [0, 0.1) is 0 Å². The van der Waals surface area contributed by atoms with Crippen LogP contribution in [0.25, 0.3) is 0 Å². The summed E-state index contributed by atoms with van der Waals surface area (Å²) >= 11 is 1.66. The van der Waals surface area contributed by atoms with Crippen molar-refractivity contribution in [1.29, 1.82) is 0 Å². The van der Waals surface area contributed by atoms with Crippen molar-refractivity contribution >= 4 is 23.5 Å². The van der Waals surface area contributed by atoms with Crippen LogP contribution < -0.4 is 10.6 Å². The van der Waals surface area contributed by atoms with E-state index in [1.807, 2.05) is 30.3 Å². The summed E-state index contributed by atoms with van der Waals surface area (Å²) < 4.78 is 2.32. The standard InChI is InChI=1S/C18H25N5OS/c1-25-18-22-21-16(23(18)15-10-5-6-11-15)12-7-13-19-17(24)20-14-8-3-2-4-9-14/h2-4,8-9,15H,5-7,10-13H2,1H3,(H2,19,20,24). The van der Waals surface area contributed by atoms with Crippen molar-refractivity contribution in [2.45, 2.75) is 49.7 Å². The fourth-order valence-corrected chi connectivity index (χ4v) is 3.87. The minimum absolute atomic E-state index is 0.173. The van der Waals surface area contributed by atoms with Gasteiger partial charge in [0.2, 0.25) is 0 Å². The molecule has 0 unspecified atom stereocenters. The first-order chi connectivity index (χ1) is 12.3. The quantitative estimate of drug-likeness (QED) is 0.581. The number of urea groups is 1. The lowest BCUT2D eigenvalue weighted by atomic mass is 10.2. The summed E-state index contributed by atoms with van der Waals surface area (Å²) in [5.74, 6) is 1.04. The lowest BCUT2D eigenvalue weighted by molar-refractivity contribution is 0.252. The van der Waals surface area contributed by atoms with Gasteiger partial charge in [0.1, 0.15) is 5.82 Å². The van der Waals surface area contributed by atoms with E-state index in [2.05, 4.69) is 31.7 Å². The molecule has 1 aromatic carbocycles. The van der Waals surface area contributed by atoms with E-state index in [0.29, 0.717) is 12.6 Å². The van der Waals surface area contributed by atoms with Crippen molar-refractivity contribution in [3.05, 3.63) is 36.2 Å². The number of thioether (sulfide) groups is 1. The van der Waals surface area contributed by atoms with Gasteiger partial charge < -0.3 is 15.2 Å². The Hall–Kier alpha value is -2.02. The van der Waals surface area contributed by atoms with E-state index in [-0.39, 0.29) is 6.03 Å².